The van der Waals surface area contributed by atoms with E-state index in [0.717, 1.165) is 39.5 Å². The minimum absolute atomic E-state index is 0.0114. The predicted molar refractivity (Wildman–Crippen MR) is 116 cm³/mol. The number of aryl methyl sites for hydroxylation is 1. The number of halogens is 2. The van der Waals surface area contributed by atoms with Gasteiger partial charge in [-0.3, -0.25) is 4.79 Å². The van der Waals surface area contributed by atoms with Crippen molar-refractivity contribution in [2.45, 2.75) is 17.7 Å². The van der Waals surface area contributed by atoms with E-state index in [1.807, 2.05) is 42.5 Å². The first-order valence-electron chi connectivity index (χ1n) is 10.3. The van der Waals surface area contributed by atoms with Crippen LogP contribution < -0.4 is 0 Å². The number of carbonyl (C=O) groups is 1. The molecule has 0 aliphatic carbocycles. The van der Waals surface area contributed by atoms with Crippen molar-refractivity contribution in [1.82, 2.24) is 14.2 Å². The molecule has 1 fully saturated rings. The molecule has 1 aliphatic heterocycles. The van der Waals surface area contributed by atoms with Gasteiger partial charge in [0.2, 0.25) is 15.9 Å². The van der Waals surface area contributed by atoms with Gasteiger partial charge in [0.15, 0.2) is 4.90 Å². The Morgan fingerprint density at radius 2 is 1.53 bits per heavy atom. The van der Waals surface area contributed by atoms with E-state index in [4.69, 9.17) is 0 Å². The van der Waals surface area contributed by atoms with Crippen LogP contribution in [0, 0.1) is 11.6 Å². The Balaban J connectivity index is 1.33. The summed E-state index contributed by atoms with van der Waals surface area (Å²) in [7, 11) is -4.31. The van der Waals surface area contributed by atoms with Gasteiger partial charge in [-0.2, -0.15) is 4.31 Å². The molecule has 32 heavy (non-hydrogen) atoms. The molecule has 2 heterocycles. The lowest BCUT2D eigenvalue weighted by atomic mass is 10.2. The van der Waals surface area contributed by atoms with Crippen LogP contribution in [0.3, 0.4) is 0 Å². The van der Waals surface area contributed by atoms with E-state index in [9.17, 15) is 22.0 Å². The smallest absolute Gasteiger partial charge is 0.249 e. The van der Waals surface area contributed by atoms with Gasteiger partial charge < -0.3 is 9.88 Å². The summed E-state index contributed by atoms with van der Waals surface area (Å²) >= 11 is 0. The Bertz CT molecular complexity index is 1180. The van der Waals surface area contributed by atoms with Gasteiger partial charge in [-0.15, -0.1) is 0 Å². The zero-order valence-corrected chi connectivity index (χ0v) is 18.1. The third kappa shape index (κ3) is 4.58. The lowest BCUT2D eigenvalue weighted by Crippen LogP contribution is -2.50. The van der Waals surface area contributed by atoms with Gasteiger partial charge in [-0.05, 0) is 36.2 Å². The van der Waals surface area contributed by atoms with Crippen molar-refractivity contribution < 1.29 is 22.0 Å². The van der Waals surface area contributed by atoms with Gasteiger partial charge in [0.1, 0.15) is 11.6 Å². The highest BCUT2D eigenvalue weighted by molar-refractivity contribution is 7.89. The molecule has 1 amide bonds. The standard InChI is InChI=1S/C23H23F2N3O3S/c24-19-7-4-8-20(25)23(19)32(30,31)28-15-13-27(14-16-28)22(29)12-10-18-9-11-21(26-18)17-5-2-1-3-6-17/h1-9,11,26H,10,12-16H2. The number of aromatic amines is 1. The molecule has 0 unspecified atom stereocenters. The summed E-state index contributed by atoms with van der Waals surface area (Å²) in [6, 6.07) is 16.7. The molecule has 0 spiro atoms. The van der Waals surface area contributed by atoms with Crippen LogP contribution in [-0.4, -0.2) is 54.7 Å². The maximum atomic E-state index is 14.0. The maximum Gasteiger partial charge on any atom is 0.249 e. The number of H-pyrrole nitrogens is 1. The first-order chi connectivity index (χ1) is 15.4. The number of amides is 1. The number of benzene rings is 2. The van der Waals surface area contributed by atoms with E-state index >= 15 is 0 Å². The number of piperazine rings is 1. The molecule has 168 valence electrons. The van der Waals surface area contributed by atoms with Crippen LogP contribution in [0.2, 0.25) is 0 Å². The Labute approximate surface area is 185 Å². The van der Waals surface area contributed by atoms with E-state index in [-0.39, 0.29) is 38.5 Å². The normalized spacial score (nSPS) is 15.1. The quantitative estimate of drug-likeness (QED) is 0.614. The average Bonchev–Trinajstić information content (AvgIpc) is 3.27. The molecule has 1 saturated heterocycles. The number of nitrogens with zero attached hydrogens (tertiary/aromatic N) is 2. The number of hydrogen-bond acceptors (Lipinski definition) is 3. The maximum absolute atomic E-state index is 14.0. The molecule has 1 N–H and O–H groups in total. The van der Waals surface area contributed by atoms with Crippen LogP contribution >= 0.6 is 0 Å². The molecule has 4 rings (SSSR count). The van der Waals surface area contributed by atoms with Crippen molar-refractivity contribution in [2.24, 2.45) is 0 Å². The number of rotatable bonds is 6. The van der Waals surface area contributed by atoms with Crippen molar-refractivity contribution in [1.29, 1.82) is 0 Å². The first kappa shape index (κ1) is 22.2. The molecule has 3 aromatic rings. The molecule has 9 heteroatoms. The summed E-state index contributed by atoms with van der Waals surface area (Å²) in [6.45, 7) is 0.327. The summed E-state index contributed by atoms with van der Waals surface area (Å²) in [5.74, 6) is -2.33. The number of sulfonamides is 1. The monoisotopic (exact) mass is 459 g/mol. The summed E-state index contributed by atoms with van der Waals surface area (Å²) in [6.07, 6.45) is 0.814. The van der Waals surface area contributed by atoms with Crippen LogP contribution in [0.25, 0.3) is 11.3 Å². The molecule has 1 aromatic heterocycles. The van der Waals surface area contributed by atoms with Crippen LogP contribution in [0.4, 0.5) is 8.78 Å². The Morgan fingerprint density at radius 3 is 2.19 bits per heavy atom. The average molecular weight is 460 g/mol. The van der Waals surface area contributed by atoms with E-state index in [2.05, 4.69) is 4.98 Å². The van der Waals surface area contributed by atoms with Gasteiger partial charge in [-0.1, -0.05) is 36.4 Å². The number of carbonyl (C=O) groups excluding carboxylic acids is 1. The molecule has 0 atom stereocenters. The zero-order valence-electron chi connectivity index (χ0n) is 17.3. The van der Waals surface area contributed by atoms with E-state index in [1.54, 1.807) is 4.90 Å². The summed E-state index contributed by atoms with van der Waals surface area (Å²) < 4.78 is 54.3. The Morgan fingerprint density at radius 1 is 0.875 bits per heavy atom. The van der Waals surface area contributed by atoms with Crippen molar-refractivity contribution >= 4 is 15.9 Å². The van der Waals surface area contributed by atoms with Gasteiger partial charge in [0.05, 0.1) is 0 Å². The highest BCUT2D eigenvalue weighted by atomic mass is 32.2. The molecule has 0 bridgehead atoms. The summed E-state index contributed by atoms with van der Waals surface area (Å²) in [5, 5.41) is 0. The van der Waals surface area contributed by atoms with Crippen molar-refractivity contribution in [3.05, 3.63) is 78.0 Å². The largest absolute Gasteiger partial charge is 0.358 e. The Kier molecular flexibility index (Phi) is 6.38. The lowest BCUT2D eigenvalue weighted by Gasteiger charge is -2.34. The minimum atomic E-state index is -4.31. The van der Waals surface area contributed by atoms with Crippen LogP contribution in [0.1, 0.15) is 12.1 Å². The van der Waals surface area contributed by atoms with Crippen molar-refractivity contribution in [3.8, 4) is 11.3 Å². The third-order valence-corrected chi connectivity index (χ3v) is 7.50. The number of hydrogen-bond donors (Lipinski definition) is 1. The lowest BCUT2D eigenvalue weighted by molar-refractivity contribution is -0.132. The molecule has 0 saturated carbocycles. The molecule has 2 aromatic carbocycles. The molecule has 6 nitrogen and oxygen atoms in total. The second-order valence-electron chi connectivity index (χ2n) is 7.60. The van der Waals surface area contributed by atoms with Gasteiger partial charge in [0.25, 0.3) is 0 Å². The topological polar surface area (TPSA) is 73.5 Å². The first-order valence-corrected chi connectivity index (χ1v) is 11.8. The molecular formula is C23H23F2N3O3S. The van der Waals surface area contributed by atoms with E-state index in [1.165, 1.54) is 0 Å². The molecule has 0 radical (unpaired) electrons. The molecular weight excluding hydrogens is 436 g/mol. The fraction of sp³-hybridized carbons (Fsp3) is 0.261. The third-order valence-electron chi connectivity index (χ3n) is 5.55. The van der Waals surface area contributed by atoms with Gasteiger partial charge in [0, 0.05) is 44.0 Å². The van der Waals surface area contributed by atoms with Crippen molar-refractivity contribution in [3.63, 3.8) is 0 Å². The SMILES string of the molecule is O=C(CCc1ccc(-c2ccccc2)[nH]1)N1CCN(S(=O)(=O)c2c(F)cccc2F)CC1. The second-order valence-corrected chi connectivity index (χ2v) is 9.47. The second kappa shape index (κ2) is 9.22. The van der Waals surface area contributed by atoms with Crippen molar-refractivity contribution in [2.75, 3.05) is 26.2 Å². The molecule has 1 aliphatic rings. The summed E-state index contributed by atoms with van der Waals surface area (Å²) in [5.41, 5.74) is 2.98. The van der Waals surface area contributed by atoms with Gasteiger partial charge in [-0.25, -0.2) is 17.2 Å². The van der Waals surface area contributed by atoms with Crippen LogP contribution in [-0.2, 0) is 21.2 Å². The van der Waals surface area contributed by atoms with Crippen LogP contribution in [0.15, 0.2) is 65.6 Å². The number of nitrogens with one attached hydrogen (secondary N) is 1. The van der Waals surface area contributed by atoms with Gasteiger partial charge >= 0.3 is 0 Å². The highest BCUT2D eigenvalue weighted by Crippen LogP contribution is 2.24. The van der Waals surface area contributed by atoms with E-state index in [0.29, 0.717) is 6.42 Å². The highest BCUT2D eigenvalue weighted by Gasteiger charge is 2.33. The minimum Gasteiger partial charge on any atom is -0.358 e. The fourth-order valence-corrected chi connectivity index (χ4v) is 5.34. The van der Waals surface area contributed by atoms with E-state index < -0.39 is 26.6 Å². The zero-order chi connectivity index (χ0) is 22.7. The van der Waals surface area contributed by atoms with Crippen LogP contribution in [0.5, 0.6) is 0 Å². The Hall–Kier alpha value is -3.04. The fourth-order valence-electron chi connectivity index (χ4n) is 3.81. The predicted octanol–water partition coefficient (Wildman–Crippen LogP) is 3.43. The summed E-state index contributed by atoms with van der Waals surface area (Å²) in [4.78, 5) is 16.6. The number of aromatic nitrogens is 1.